The number of fused-ring (bicyclic) bond motifs is 1. The van der Waals surface area contributed by atoms with Gasteiger partial charge in [-0.05, 0) is 38.4 Å². The molecule has 3 rings (SSSR count). The standard InChI is InChI=1S/C15H18BrN3/c1-17-10-13-14-7-2-3-8-19(14)15(18-13)11-5-4-6-12(16)9-11/h4-6,9,17H,2-3,7-8,10H2,1H3. The van der Waals surface area contributed by atoms with Gasteiger partial charge in [0.05, 0.1) is 5.69 Å². The minimum absolute atomic E-state index is 0.851. The third-order valence-electron chi connectivity index (χ3n) is 3.63. The van der Waals surface area contributed by atoms with Crippen molar-refractivity contribution in [3.05, 3.63) is 40.1 Å². The molecule has 3 nitrogen and oxygen atoms in total. The Hall–Kier alpha value is -1.13. The van der Waals surface area contributed by atoms with E-state index in [2.05, 4.69) is 50.1 Å². The fourth-order valence-electron chi connectivity index (χ4n) is 2.78. The zero-order valence-corrected chi connectivity index (χ0v) is 12.7. The number of rotatable bonds is 3. The van der Waals surface area contributed by atoms with Crippen molar-refractivity contribution in [2.45, 2.75) is 32.4 Å². The van der Waals surface area contributed by atoms with Crippen LogP contribution in [0, 0.1) is 0 Å². The molecule has 0 saturated carbocycles. The normalized spacial score (nSPS) is 14.4. The van der Waals surface area contributed by atoms with Crippen molar-refractivity contribution >= 4 is 15.9 Å². The minimum Gasteiger partial charge on any atom is -0.328 e. The molecule has 100 valence electrons. The number of halogens is 1. The van der Waals surface area contributed by atoms with Gasteiger partial charge in [0, 0.05) is 28.8 Å². The number of hydrogen-bond acceptors (Lipinski definition) is 2. The minimum atomic E-state index is 0.851. The summed E-state index contributed by atoms with van der Waals surface area (Å²) >= 11 is 3.54. The molecule has 1 aromatic carbocycles. The molecular formula is C15H18BrN3. The van der Waals surface area contributed by atoms with Crippen molar-refractivity contribution in [3.8, 4) is 11.4 Å². The van der Waals surface area contributed by atoms with Crippen LogP contribution in [-0.4, -0.2) is 16.6 Å². The van der Waals surface area contributed by atoms with Gasteiger partial charge in [-0.2, -0.15) is 0 Å². The number of hydrogen-bond donors (Lipinski definition) is 1. The van der Waals surface area contributed by atoms with Gasteiger partial charge in [-0.25, -0.2) is 4.98 Å². The number of nitrogens with one attached hydrogen (secondary N) is 1. The summed E-state index contributed by atoms with van der Waals surface area (Å²) in [7, 11) is 1.98. The highest BCUT2D eigenvalue weighted by Gasteiger charge is 2.20. The summed E-state index contributed by atoms with van der Waals surface area (Å²) in [6.07, 6.45) is 3.68. The van der Waals surface area contributed by atoms with Gasteiger partial charge in [-0.1, -0.05) is 28.1 Å². The molecule has 2 aromatic rings. The van der Waals surface area contributed by atoms with Gasteiger partial charge >= 0.3 is 0 Å². The molecule has 0 bridgehead atoms. The maximum Gasteiger partial charge on any atom is 0.140 e. The lowest BCUT2D eigenvalue weighted by atomic mass is 10.1. The van der Waals surface area contributed by atoms with Crippen LogP contribution in [0.5, 0.6) is 0 Å². The van der Waals surface area contributed by atoms with Crippen molar-refractivity contribution < 1.29 is 0 Å². The summed E-state index contributed by atoms with van der Waals surface area (Å²) in [5.74, 6) is 1.11. The van der Waals surface area contributed by atoms with E-state index in [1.54, 1.807) is 0 Å². The van der Waals surface area contributed by atoms with Crippen LogP contribution in [0.3, 0.4) is 0 Å². The second-order valence-corrected chi connectivity index (χ2v) is 5.89. The van der Waals surface area contributed by atoms with Crippen LogP contribution in [0.15, 0.2) is 28.7 Å². The first-order chi connectivity index (χ1) is 9.29. The average molecular weight is 320 g/mol. The first-order valence-electron chi connectivity index (χ1n) is 6.78. The van der Waals surface area contributed by atoms with E-state index in [1.165, 1.54) is 29.8 Å². The van der Waals surface area contributed by atoms with Crippen molar-refractivity contribution in [3.63, 3.8) is 0 Å². The quantitative estimate of drug-likeness (QED) is 0.940. The van der Waals surface area contributed by atoms with Crippen LogP contribution in [0.25, 0.3) is 11.4 Å². The van der Waals surface area contributed by atoms with Crippen LogP contribution in [-0.2, 0) is 19.5 Å². The Labute approximate surface area is 122 Å². The summed E-state index contributed by atoms with van der Waals surface area (Å²) in [5.41, 5.74) is 3.81. The van der Waals surface area contributed by atoms with Crippen LogP contribution >= 0.6 is 15.9 Å². The van der Waals surface area contributed by atoms with Crippen molar-refractivity contribution in [1.29, 1.82) is 0 Å². The molecule has 1 N–H and O–H groups in total. The highest BCUT2D eigenvalue weighted by molar-refractivity contribution is 9.10. The Morgan fingerprint density at radius 3 is 3.05 bits per heavy atom. The van der Waals surface area contributed by atoms with Gasteiger partial charge < -0.3 is 9.88 Å². The molecule has 0 unspecified atom stereocenters. The predicted octanol–water partition coefficient (Wildman–Crippen LogP) is 3.37. The highest BCUT2D eigenvalue weighted by atomic mass is 79.9. The van der Waals surface area contributed by atoms with E-state index in [-0.39, 0.29) is 0 Å². The number of imidazole rings is 1. The van der Waals surface area contributed by atoms with E-state index in [0.29, 0.717) is 0 Å². The summed E-state index contributed by atoms with van der Waals surface area (Å²) < 4.78 is 3.51. The molecule has 4 heteroatoms. The molecule has 0 amide bonds. The molecule has 1 aliphatic heterocycles. The average Bonchev–Trinajstić information content (AvgIpc) is 2.79. The van der Waals surface area contributed by atoms with Crippen LogP contribution in [0.4, 0.5) is 0 Å². The third kappa shape index (κ3) is 2.47. The Kier molecular flexibility index (Phi) is 3.71. The maximum atomic E-state index is 4.87. The first-order valence-corrected chi connectivity index (χ1v) is 7.57. The predicted molar refractivity (Wildman–Crippen MR) is 81.1 cm³/mol. The van der Waals surface area contributed by atoms with Gasteiger partial charge in [-0.15, -0.1) is 0 Å². The molecule has 0 spiro atoms. The summed E-state index contributed by atoms with van der Waals surface area (Å²) in [4.78, 5) is 4.87. The van der Waals surface area contributed by atoms with Crippen molar-refractivity contribution in [1.82, 2.24) is 14.9 Å². The van der Waals surface area contributed by atoms with Crippen molar-refractivity contribution in [2.24, 2.45) is 0 Å². The molecule has 0 saturated heterocycles. The van der Waals surface area contributed by atoms with E-state index in [9.17, 15) is 0 Å². The number of benzene rings is 1. The Morgan fingerprint density at radius 1 is 1.37 bits per heavy atom. The van der Waals surface area contributed by atoms with E-state index in [0.717, 1.165) is 29.8 Å². The molecule has 19 heavy (non-hydrogen) atoms. The van der Waals surface area contributed by atoms with Gasteiger partial charge in [0.2, 0.25) is 0 Å². The third-order valence-corrected chi connectivity index (χ3v) is 4.12. The molecule has 0 fully saturated rings. The SMILES string of the molecule is CNCc1nc(-c2cccc(Br)c2)n2c1CCCC2. The second kappa shape index (κ2) is 5.47. The van der Waals surface area contributed by atoms with E-state index in [1.807, 2.05) is 7.05 Å². The zero-order chi connectivity index (χ0) is 13.2. The van der Waals surface area contributed by atoms with E-state index in [4.69, 9.17) is 4.98 Å². The molecule has 1 aliphatic rings. The number of aromatic nitrogens is 2. The second-order valence-electron chi connectivity index (χ2n) is 4.98. The van der Waals surface area contributed by atoms with Gasteiger partial charge in [0.1, 0.15) is 5.82 Å². The van der Waals surface area contributed by atoms with E-state index < -0.39 is 0 Å². The summed E-state index contributed by atoms with van der Waals surface area (Å²) in [6, 6.07) is 8.41. The smallest absolute Gasteiger partial charge is 0.140 e. The summed E-state index contributed by atoms with van der Waals surface area (Å²) in [6.45, 7) is 1.94. The molecule has 1 aromatic heterocycles. The highest BCUT2D eigenvalue weighted by Crippen LogP contribution is 2.28. The fourth-order valence-corrected chi connectivity index (χ4v) is 3.18. The Balaban J connectivity index is 2.10. The largest absolute Gasteiger partial charge is 0.328 e. The molecular weight excluding hydrogens is 302 g/mol. The van der Waals surface area contributed by atoms with Crippen LogP contribution in [0.2, 0.25) is 0 Å². The number of nitrogens with zero attached hydrogens (tertiary/aromatic N) is 2. The fraction of sp³-hybridized carbons (Fsp3) is 0.400. The summed E-state index contributed by atoms with van der Waals surface area (Å²) in [5, 5.41) is 3.23. The first kappa shape index (κ1) is 12.9. The zero-order valence-electron chi connectivity index (χ0n) is 11.1. The molecule has 0 aliphatic carbocycles. The van der Waals surface area contributed by atoms with Crippen LogP contribution in [0.1, 0.15) is 24.2 Å². The maximum absolute atomic E-state index is 4.87. The molecule has 0 radical (unpaired) electrons. The van der Waals surface area contributed by atoms with Gasteiger partial charge in [0.15, 0.2) is 0 Å². The molecule has 2 heterocycles. The van der Waals surface area contributed by atoms with E-state index >= 15 is 0 Å². The van der Waals surface area contributed by atoms with Gasteiger partial charge in [-0.3, -0.25) is 0 Å². The van der Waals surface area contributed by atoms with Gasteiger partial charge in [0.25, 0.3) is 0 Å². The van der Waals surface area contributed by atoms with Crippen LogP contribution < -0.4 is 5.32 Å². The lowest BCUT2D eigenvalue weighted by Gasteiger charge is -2.17. The Morgan fingerprint density at radius 2 is 2.26 bits per heavy atom. The lowest BCUT2D eigenvalue weighted by Crippen LogP contribution is -2.14. The molecule has 0 atom stereocenters. The monoisotopic (exact) mass is 319 g/mol. The lowest BCUT2D eigenvalue weighted by molar-refractivity contribution is 0.531. The van der Waals surface area contributed by atoms with Crippen molar-refractivity contribution in [2.75, 3.05) is 7.05 Å². The topological polar surface area (TPSA) is 29.9 Å². The Bertz CT molecular complexity index is 589.